The van der Waals surface area contributed by atoms with E-state index in [-0.39, 0.29) is 5.91 Å². The maximum atomic E-state index is 12.3. The van der Waals surface area contributed by atoms with E-state index < -0.39 is 0 Å². The third kappa shape index (κ3) is 4.62. The quantitative estimate of drug-likeness (QED) is 0.647. The predicted octanol–water partition coefficient (Wildman–Crippen LogP) is 4.56. The molecule has 0 aliphatic rings. The zero-order valence-electron chi connectivity index (χ0n) is 15.5. The molecule has 0 aliphatic carbocycles. The van der Waals surface area contributed by atoms with Crippen LogP contribution in [0.2, 0.25) is 0 Å². The summed E-state index contributed by atoms with van der Waals surface area (Å²) in [6, 6.07) is 12.9. The molecule has 0 radical (unpaired) electrons. The van der Waals surface area contributed by atoms with Crippen LogP contribution in [0.3, 0.4) is 0 Å². The van der Waals surface area contributed by atoms with Gasteiger partial charge in [0.15, 0.2) is 17.3 Å². The van der Waals surface area contributed by atoms with Gasteiger partial charge in [-0.2, -0.15) is 9.36 Å². The van der Waals surface area contributed by atoms with Gasteiger partial charge in [0, 0.05) is 22.7 Å². The lowest BCUT2D eigenvalue weighted by atomic mass is 10.1. The molecule has 1 aromatic heterocycles. The minimum atomic E-state index is -0.210. The van der Waals surface area contributed by atoms with Gasteiger partial charge in [-0.15, -0.1) is 0 Å². The summed E-state index contributed by atoms with van der Waals surface area (Å²) in [6.07, 6.45) is 0.919. The fourth-order valence-electron chi connectivity index (χ4n) is 2.40. The maximum absolute atomic E-state index is 12.3. The first-order valence-corrected chi connectivity index (χ1v) is 9.41. The van der Waals surface area contributed by atoms with Gasteiger partial charge in [0.25, 0.3) is 5.91 Å². The molecule has 1 amide bonds. The van der Waals surface area contributed by atoms with Gasteiger partial charge >= 0.3 is 0 Å². The number of hydrogen-bond acceptors (Lipinski definition) is 6. The van der Waals surface area contributed by atoms with Crippen LogP contribution in [0.1, 0.15) is 29.3 Å². The molecule has 1 heterocycles. The number of nitrogens with zero attached hydrogens (tertiary/aromatic N) is 2. The molecule has 1 N–H and O–H groups in total. The largest absolute Gasteiger partial charge is 0.493 e. The van der Waals surface area contributed by atoms with E-state index >= 15 is 0 Å². The van der Waals surface area contributed by atoms with Crippen molar-refractivity contribution < 1.29 is 14.3 Å². The Balaban J connectivity index is 1.75. The molecule has 0 bridgehead atoms. The van der Waals surface area contributed by atoms with Crippen molar-refractivity contribution >= 4 is 22.6 Å². The van der Waals surface area contributed by atoms with E-state index in [9.17, 15) is 4.79 Å². The smallest absolute Gasteiger partial charge is 0.257 e. The van der Waals surface area contributed by atoms with E-state index in [1.165, 1.54) is 0 Å². The normalized spacial score (nSPS) is 10.5. The molecule has 0 saturated carbocycles. The average Bonchev–Trinajstić information content (AvgIpc) is 3.15. The summed E-state index contributed by atoms with van der Waals surface area (Å²) >= 11 is 1.14. The number of aryl methyl sites for hydroxylation is 1. The SMILES string of the molecule is CCCOc1ccc(-c2nsc(NC(=O)c3ccc(C)cc3)n2)cc1OC. The minimum Gasteiger partial charge on any atom is -0.493 e. The minimum absolute atomic E-state index is 0.210. The fraction of sp³-hybridized carbons (Fsp3) is 0.250. The first kappa shape index (κ1) is 18.8. The number of ether oxygens (including phenoxy) is 2. The molecule has 6 nitrogen and oxygen atoms in total. The third-order valence-corrected chi connectivity index (χ3v) is 4.47. The Labute approximate surface area is 162 Å². The zero-order valence-corrected chi connectivity index (χ0v) is 16.3. The Morgan fingerprint density at radius 2 is 1.93 bits per heavy atom. The lowest BCUT2D eigenvalue weighted by molar-refractivity contribution is 0.102. The van der Waals surface area contributed by atoms with Crippen LogP contribution in [-0.4, -0.2) is 29.0 Å². The first-order valence-electron chi connectivity index (χ1n) is 8.63. The van der Waals surface area contributed by atoms with E-state index in [2.05, 4.69) is 14.7 Å². The van der Waals surface area contributed by atoms with E-state index in [0.717, 1.165) is 29.1 Å². The van der Waals surface area contributed by atoms with Gasteiger partial charge in [-0.1, -0.05) is 24.6 Å². The Morgan fingerprint density at radius 3 is 2.63 bits per heavy atom. The number of carbonyl (C=O) groups excluding carboxylic acids is 1. The van der Waals surface area contributed by atoms with Crippen LogP contribution in [0.25, 0.3) is 11.4 Å². The van der Waals surface area contributed by atoms with Crippen molar-refractivity contribution in [3.63, 3.8) is 0 Å². The Morgan fingerprint density at radius 1 is 1.15 bits per heavy atom. The summed E-state index contributed by atoms with van der Waals surface area (Å²) < 4.78 is 15.4. The standard InChI is InChI=1S/C20H21N3O3S/c1-4-11-26-16-10-9-15(12-17(16)25-3)18-21-20(27-23-18)22-19(24)14-7-5-13(2)6-8-14/h5-10,12H,4,11H2,1-3H3,(H,21,22,23,24). The first-order chi connectivity index (χ1) is 13.1. The number of nitrogens with one attached hydrogen (secondary N) is 1. The highest BCUT2D eigenvalue weighted by Crippen LogP contribution is 2.32. The number of anilines is 1. The van der Waals surface area contributed by atoms with Crippen LogP contribution in [0.4, 0.5) is 5.13 Å². The summed E-state index contributed by atoms with van der Waals surface area (Å²) in [5, 5.41) is 3.23. The molecule has 0 fully saturated rings. The van der Waals surface area contributed by atoms with Crippen molar-refractivity contribution in [2.24, 2.45) is 0 Å². The lowest BCUT2D eigenvalue weighted by Crippen LogP contribution is -2.11. The highest BCUT2D eigenvalue weighted by molar-refractivity contribution is 7.10. The van der Waals surface area contributed by atoms with Crippen LogP contribution in [0.15, 0.2) is 42.5 Å². The summed E-state index contributed by atoms with van der Waals surface area (Å²) in [6.45, 7) is 4.65. The monoisotopic (exact) mass is 383 g/mol. The summed E-state index contributed by atoms with van der Waals surface area (Å²) in [4.78, 5) is 16.7. The Bertz CT molecular complexity index is 922. The predicted molar refractivity (Wildman–Crippen MR) is 107 cm³/mol. The second kappa shape index (κ2) is 8.64. The molecule has 27 heavy (non-hydrogen) atoms. The zero-order chi connectivity index (χ0) is 19.2. The van der Waals surface area contributed by atoms with Gasteiger partial charge < -0.3 is 9.47 Å². The second-order valence-electron chi connectivity index (χ2n) is 5.96. The summed E-state index contributed by atoms with van der Waals surface area (Å²) in [7, 11) is 1.60. The number of amides is 1. The number of carbonyl (C=O) groups is 1. The molecule has 0 unspecified atom stereocenters. The third-order valence-electron chi connectivity index (χ3n) is 3.84. The molecule has 3 aromatic rings. The van der Waals surface area contributed by atoms with E-state index in [1.807, 2.05) is 44.2 Å². The molecular formula is C20H21N3O3S. The van der Waals surface area contributed by atoms with E-state index in [0.29, 0.717) is 34.6 Å². The molecule has 140 valence electrons. The van der Waals surface area contributed by atoms with Crippen molar-refractivity contribution in [1.82, 2.24) is 9.36 Å². The maximum Gasteiger partial charge on any atom is 0.257 e. The highest BCUT2D eigenvalue weighted by atomic mass is 32.1. The summed E-state index contributed by atoms with van der Waals surface area (Å²) in [5.74, 6) is 1.63. The number of benzene rings is 2. The number of hydrogen-bond donors (Lipinski definition) is 1. The molecule has 2 aromatic carbocycles. The Kier molecular flexibility index (Phi) is 6.03. The van der Waals surface area contributed by atoms with Crippen molar-refractivity contribution in [2.45, 2.75) is 20.3 Å². The second-order valence-corrected chi connectivity index (χ2v) is 6.71. The van der Waals surface area contributed by atoms with Crippen LogP contribution in [0.5, 0.6) is 11.5 Å². The molecule has 0 aliphatic heterocycles. The van der Waals surface area contributed by atoms with Gasteiger partial charge in [-0.05, 0) is 43.7 Å². The lowest BCUT2D eigenvalue weighted by Gasteiger charge is -2.10. The fourth-order valence-corrected chi connectivity index (χ4v) is 2.99. The van der Waals surface area contributed by atoms with Crippen LogP contribution in [-0.2, 0) is 0 Å². The number of aromatic nitrogens is 2. The average molecular weight is 383 g/mol. The van der Waals surface area contributed by atoms with Gasteiger partial charge in [0.2, 0.25) is 5.13 Å². The van der Waals surface area contributed by atoms with Crippen molar-refractivity contribution in [3.8, 4) is 22.9 Å². The van der Waals surface area contributed by atoms with Crippen molar-refractivity contribution in [3.05, 3.63) is 53.6 Å². The van der Waals surface area contributed by atoms with E-state index in [4.69, 9.17) is 9.47 Å². The van der Waals surface area contributed by atoms with Gasteiger partial charge in [0.1, 0.15) is 0 Å². The number of rotatable bonds is 7. The van der Waals surface area contributed by atoms with Gasteiger partial charge in [0.05, 0.1) is 13.7 Å². The van der Waals surface area contributed by atoms with Gasteiger partial charge in [-0.3, -0.25) is 10.1 Å². The highest BCUT2D eigenvalue weighted by Gasteiger charge is 2.13. The van der Waals surface area contributed by atoms with Crippen molar-refractivity contribution in [2.75, 3.05) is 19.0 Å². The molecule has 3 rings (SSSR count). The van der Waals surface area contributed by atoms with Gasteiger partial charge in [-0.25, -0.2) is 0 Å². The summed E-state index contributed by atoms with van der Waals surface area (Å²) in [5.41, 5.74) is 2.48. The molecular weight excluding hydrogens is 362 g/mol. The van der Waals surface area contributed by atoms with Crippen LogP contribution >= 0.6 is 11.5 Å². The van der Waals surface area contributed by atoms with Crippen molar-refractivity contribution in [1.29, 1.82) is 0 Å². The Hall–Kier alpha value is -2.93. The number of methoxy groups -OCH3 is 1. The molecule has 0 atom stereocenters. The van der Waals surface area contributed by atoms with Crippen LogP contribution < -0.4 is 14.8 Å². The van der Waals surface area contributed by atoms with Crippen LogP contribution in [0, 0.1) is 6.92 Å². The molecule has 0 saturated heterocycles. The van der Waals surface area contributed by atoms with E-state index in [1.54, 1.807) is 19.2 Å². The molecule has 0 spiro atoms. The topological polar surface area (TPSA) is 73.3 Å². The molecule has 7 heteroatoms.